The number of nitrogens with zero attached hydrogens (tertiary/aromatic N) is 3. The van der Waals surface area contributed by atoms with Gasteiger partial charge in [-0.2, -0.15) is 0 Å². The van der Waals surface area contributed by atoms with Crippen LogP contribution in [-0.2, 0) is 42.8 Å². The van der Waals surface area contributed by atoms with Gasteiger partial charge in [0.05, 0.1) is 36.5 Å². The molecule has 18 nitrogen and oxygen atoms in total. The maximum absolute atomic E-state index is 12.6. The molecule has 0 aliphatic heterocycles. The van der Waals surface area contributed by atoms with E-state index in [9.17, 15) is 29.7 Å². The lowest BCUT2D eigenvalue weighted by Crippen LogP contribution is -2.30. The highest BCUT2D eigenvalue weighted by Gasteiger charge is 2.23. The second-order valence-electron chi connectivity index (χ2n) is 18.2. The van der Waals surface area contributed by atoms with Gasteiger partial charge in [-0.3, -0.25) is 14.4 Å². The maximum Gasteiger partial charge on any atom is 0.306 e. The van der Waals surface area contributed by atoms with Gasteiger partial charge in [0, 0.05) is 57.3 Å². The Morgan fingerprint density at radius 2 is 0.667 bits per heavy atom. The number of hydrogen-bond donors (Lipinski definition) is 3. The van der Waals surface area contributed by atoms with Crippen molar-refractivity contribution in [2.24, 2.45) is 0 Å². The van der Waals surface area contributed by atoms with Gasteiger partial charge in [0.25, 0.3) is 0 Å². The van der Waals surface area contributed by atoms with E-state index in [1.54, 1.807) is 36.4 Å². The maximum atomic E-state index is 12.6. The number of aromatic nitrogens is 3. The van der Waals surface area contributed by atoms with E-state index >= 15 is 0 Å². The Labute approximate surface area is 442 Å². The molecular formula is C57H81N3O15. The summed E-state index contributed by atoms with van der Waals surface area (Å²) in [6, 6.07) is 13.6. The summed E-state index contributed by atoms with van der Waals surface area (Å²) < 4.78 is 52.4. The van der Waals surface area contributed by atoms with E-state index in [2.05, 4.69) is 35.7 Å². The van der Waals surface area contributed by atoms with Gasteiger partial charge in [0.15, 0.2) is 35.8 Å². The lowest BCUT2D eigenvalue weighted by Gasteiger charge is -2.19. The van der Waals surface area contributed by atoms with Crippen LogP contribution in [0.25, 0.3) is 34.2 Å². The summed E-state index contributed by atoms with van der Waals surface area (Å²) in [4.78, 5) is 51.7. The summed E-state index contributed by atoms with van der Waals surface area (Å²) in [7, 11) is 0. The molecule has 0 aliphatic rings. The molecule has 0 aliphatic carbocycles. The number of carbonyl (C=O) groups excluding carboxylic acids is 3. The first-order valence-corrected chi connectivity index (χ1v) is 26.9. The number of hydrogen-bond acceptors (Lipinski definition) is 18. The van der Waals surface area contributed by atoms with Gasteiger partial charge in [-0.1, -0.05) is 80.1 Å². The molecule has 3 N–H and O–H groups in total. The van der Waals surface area contributed by atoms with Gasteiger partial charge in [0.2, 0.25) is 0 Å². The Morgan fingerprint density at radius 3 is 0.907 bits per heavy atom. The highest BCUT2D eigenvalue weighted by atomic mass is 16.6. The van der Waals surface area contributed by atoms with Crippen molar-refractivity contribution in [3.05, 3.63) is 54.6 Å². The van der Waals surface area contributed by atoms with Crippen LogP contribution in [0.15, 0.2) is 54.6 Å². The van der Waals surface area contributed by atoms with Crippen LogP contribution in [0.1, 0.15) is 138 Å². The molecule has 0 saturated carbocycles. The molecule has 18 heteroatoms. The largest absolute Gasteiger partial charge is 0.507 e. The lowest BCUT2D eigenvalue weighted by atomic mass is 10.1. The standard InChI is InChI=1S/C57H81N3O15/c1-7-13-19-52(64)73-43(34-67-28-16-10-4)37-70-40-22-25-46(49(61)31-40)55-58-56(47-26-23-41(32-50(47)62)71-38-44(35-68-29-17-11-5)74-53(65)20-14-8-2)60-57(59-55)48-27-24-42(33-51(48)63)72-39-45(36-69-30-18-12-6)75-54(66)21-15-9-3/h22-27,31-33,43-45,61-63H,7-21,28-30,34-39H2,1-6H3. The third-order valence-electron chi connectivity index (χ3n) is 11.5. The van der Waals surface area contributed by atoms with Crippen LogP contribution in [-0.4, -0.2) is 126 Å². The molecule has 4 aromatic rings. The third-order valence-corrected chi connectivity index (χ3v) is 11.5. The molecule has 3 aromatic carbocycles. The number of unbranched alkanes of at least 4 members (excludes halogenated alkanes) is 6. The zero-order valence-electron chi connectivity index (χ0n) is 45.0. The Balaban J connectivity index is 1.67. The summed E-state index contributed by atoms with van der Waals surface area (Å²) in [6.45, 7) is 14.0. The molecule has 4 rings (SSSR count). The van der Waals surface area contributed by atoms with E-state index in [4.69, 9.17) is 42.6 Å². The molecule has 1 heterocycles. The topological polar surface area (TPSA) is 234 Å². The fraction of sp³-hybridized carbons (Fsp3) is 0.579. The van der Waals surface area contributed by atoms with Crippen molar-refractivity contribution in [1.29, 1.82) is 0 Å². The second kappa shape index (κ2) is 35.1. The van der Waals surface area contributed by atoms with Gasteiger partial charge >= 0.3 is 17.9 Å². The molecular weight excluding hydrogens is 967 g/mol. The summed E-state index contributed by atoms with van der Waals surface area (Å²) in [5, 5.41) is 34.6. The second-order valence-corrected chi connectivity index (χ2v) is 18.2. The van der Waals surface area contributed by atoms with Crippen LogP contribution >= 0.6 is 0 Å². The van der Waals surface area contributed by atoms with Gasteiger partial charge in [-0.25, -0.2) is 15.0 Å². The average molecular weight is 1050 g/mol. The van der Waals surface area contributed by atoms with Crippen molar-refractivity contribution in [2.75, 3.05) is 59.5 Å². The SMILES string of the molecule is CCCCOCC(COc1ccc(-c2nc(-c3ccc(OCC(COCCCC)OC(=O)CCCC)cc3O)nc(-c3ccc(OCC(COCCCC)OC(=O)CCCC)cc3O)n2)c(O)c1)OC(=O)CCCC. The van der Waals surface area contributed by atoms with Crippen molar-refractivity contribution in [3.63, 3.8) is 0 Å². The minimum absolute atomic E-state index is 0.0165. The number of ether oxygens (including phenoxy) is 9. The van der Waals surface area contributed by atoms with Crippen molar-refractivity contribution >= 4 is 17.9 Å². The van der Waals surface area contributed by atoms with E-state index in [1.165, 1.54) is 18.2 Å². The zero-order chi connectivity index (χ0) is 54.2. The van der Waals surface area contributed by atoms with Crippen molar-refractivity contribution in [1.82, 2.24) is 15.0 Å². The highest BCUT2D eigenvalue weighted by Crippen LogP contribution is 2.38. The van der Waals surface area contributed by atoms with Crippen molar-refractivity contribution in [3.8, 4) is 68.7 Å². The Hall–Kier alpha value is -6.24. The molecule has 1 aromatic heterocycles. The van der Waals surface area contributed by atoms with Gasteiger partial charge < -0.3 is 58.0 Å². The van der Waals surface area contributed by atoms with Gasteiger partial charge in [-0.15, -0.1) is 0 Å². The smallest absolute Gasteiger partial charge is 0.306 e. The van der Waals surface area contributed by atoms with E-state index in [1.807, 2.05) is 20.8 Å². The van der Waals surface area contributed by atoms with Crippen LogP contribution < -0.4 is 14.2 Å². The van der Waals surface area contributed by atoms with Gasteiger partial charge in [0.1, 0.15) is 54.3 Å². The summed E-state index contributed by atoms with van der Waals surface area (Å²) in [5.41, 5.74) is 0.494. The molecule has 0 spiro atoms. The molecule has 3 atom stereocenters. The average Bonchev–Trinajstić information content (AvgIpc) is 3.40. The van der Waals surface area contributed by atoms with E-state index in [0.717, 1.165) is 57.8 Å². The number of aromatic hydroxyl groups is 3. The molecule has 0 bridgehead atoms. The molecule has 75 heavy (non-hydrogen) atoms. The Kier molecular flexibility index (Phi) is 28.7. The monoisotopic (exact) mass is 1050 g/mol. The Morgan fingerprint density at radius 1 is 0.400 bits per heavy atom. The molecule has 3 unspecified atom stereocenters. The summed E-state index contributed by atoms with van der Waals surface area (Å²) in [6.07, 6.45) is 8.81. The molecule has 0 amide bonds. The van der Waals surface area contributed by atoms with Crippen LogP contribution in [0.4, 0.5) is 0 Å². The number of carbonyl (C=O) groups is 3. The highest BCUT2D eigenvalue weighted by molar-refractivity contribution is 5.75. The molecule has 414 valence electrons. The van der Waals surface area contributed by atoms with E-state index < -0.39 is 18.3 Å². The van der Waals surface area contributed by atoms with Crippen molar-refractivity contribution < 1.29 is 72.3 Å². The van der Waals surface area contributed by atoms with Crippen LogP contribution in [0.3, 0.4) is 0 Å². The third kappa shape index (κ3) is 22.6. The number of rotatable bonds is 39. The van der Waals surface area contributed by atoms with Crippen molar-refractivity contribution in [2.45, 2.75) is 156 Å². The van der Waals surface area contributed by atoms with Crippen LogP contribution in [0, 0.1) is 0 Å². The summed E-state index contributed by atoms with van der Waals surface area (Å²) in [5.74, 6) is -1.07. The Bertz CT molecular complexity index is 2050. The normalized spacial score (nSPS) is 12.4. The lowest BCUT2D eigenvalue weighted by molar-refractivity contribution is -0.155. The summed E-state index contributed by atoms with van der Waals surface area (Å²) >= 11 is 0. The van der Waals surface area contributed by atoms with E-state index in [0.29, 0.717) is 39.1 Å². The number of esters is 3. The minimum Gasteiger partial charge on any atom is -0.507 e. The first kappa shape index (κ1) is 61.3. The van der Waals surface area contributed by atoms with E-state index in [-0.39, 0.29) is 145 Å². The van der Waals surface area contributed by atoms with Crippen LogP contribution in [0.2, 0.25) is 0 Å². The van der Waals surface area contributed by atoms with Crippen LogP contribution in [0.5, 0.6) is 34.5 Å². The molecule has 0 saturated heterocycles. The molecule has 0 radical (unpaired) electrons. The predicted octanol–water partition coefficient (Wildman–Crippen LogP) is 10.9. The molecule has 0 fully saturated rings. The quantitative estimate of drug-likeness (QED) is 0.0214. The zero-order valence-corrected chi connectivity index (χ0v) is 45.0. The van der Waals surface area contributed by atoms with Gasteiger partial charge in [-0.05, 0) is 74.9 Å². The fourth-order valence-corrected chi connectivity index (χ4v) is 7.11. The first-order chi connectivity index (χ1) is 36.4. The number of phenols is 3. The first-order valence-electron chi connectivity index (χ1n) is 26.9. The number of phenolic OH excluding ortho intramolecular Hbond substituents is 3. The predicted molar refractivity (Wildman–Crippen MR) is 283 cm³/mol. The fourth-order valence-electron chi connectivity index (χ4n) is 7.11. The number of benzene rings is 3. The minimum atomic E-state index is -0.686.